The molecule has 2 aromatic heterocycles. The number of thioether (sulfide) groups is 1. The number of amides is 1. The summed E-state index contributed by atoms with van der Waals surface area (Å²) in [5, 5.41) is 4.22. The summed E-state index contributed by atoms with van der Waals surface area (Å²) in [6.45, 7) is 1.77. The Kier molecular flexibility index (Phi) is 4.13. The van der Waals surface area contributed by atoms with Crippen molar-refractivity contribution >= 4 is 44.8 Å². The highest BCUT2D eigenvalue weighted by atomic mass is 32.2. The maximum atomic E-state index is 13.9. The number of anilines is 1. The smallest absolute Gasteiger partial charge is 0.266 e. The molecule has 0 radical (unpaired) electrons. The van der Waals surface area contributed by atoms with Crippen molar-refractivity contribution in [3.63, 3.8) is 0 Å². The van der Waals surface area contributed by atoms with Crippen LogP contribution in [0.25, 0.3) is 10.1 Å². The molecule has 0 saturated carbocycles. The second-order valence-corrected chi connectivity index (χ2v) is 6.59. The lowest BCUT2D eigenvalue weighted by atomic mass is 10.1. The second-order valence-electron chi connectivity index (χ2n) is 4.71. The number of benzene rings is 1. The van der Waals surface area contributed by atoms with Crippen molar-refractivity contribution in [2.75, 3.05) is 11.6 Å². The van der Waals surface area contributed by atoms with Gasteiger partial charge in [-0.15, -0.1) is 23.1 Å². The zero-order chi connectivity index (χ0) is 15.7. The molecule has 0 bridgehead atoms. The van der Waals surface area contributed by atoms with Crippen LogP contribution < -0.4 is 5.32 Å². The number of carbonyl (C=O) groups is 1. The third-order valence-electron chi connectivity index (χ3n) is 3.31. The average Bonchev–Trinajstić information content (AvgIpc) is 2.86. The Morgan fingerprint density at radius 1 is 1.32 bits per heavy atom. The van der Waals surface area contributed by atoms with E-state index in [1.165, 1.54) is 29.2 Å². The highest BCUT2D eigenvalue weighted by Gasteiger charge is 2.17. The van der Waals surface area contributed by atoms with Crippen LogP contribution in [0.2, 0.25) is 0 Å². The van der Waals surface area contributed by atoms with Crippen LogP contribution >= 0.6 is 23.1 Å². The van der Waals surface area contributed by atoms with E-state index in [4.69, 9.17) is 0 Å². The maximum Gasteiger partial charge on any atom is 0.266 e. The summed E-state index contributed by atoms with van der Waals surface area (Å²) >= 11 is 2.83. The van der Waals surface area contributed by atoms with Gasteiger partial charge in [-0.1, -0.05) is 6.07 Å². The molecule has 0 unspecified atom stereocenters. The van der Waals surface area contributed by atoms with Crippen LogP contribution in [-0.2, 0) is 0 Å². The normalized spacial score (nSPS) is 10.9. The van der Waals surface area contributed by atoms with Crippen LogP contribution in [0.1, 0.15) is 15.2 Å². The number of carbonyl (C=O) groups excluding carboxylic acids is 1. The van der Waals surface area contributed by atoms with E-state index in [-0.39, 0.29) is 11.7 Å². The lowest BCUT2D eigenvalue weighted by molar-refractivity contribution is 0.103. The molecule has 3 nitrogen and oxygen atoms in total. The van der Waals surface area contributed by atoms with Gasteiger partial charge >= 0.3 is 0 Å². The molecule has 1 amide bonds. The number of aryl methyl sites for hydroxylation is 1. The number of aromatic nitrogens is 1. The van der Waals surface area contributed by atoms with Crippen molar-refractivity contribution in [3.8, 4) is 0 Å². The van der Waals surface area contributed by atoms with Crippen LogP contribution in [0, 0.1) is 12.7 Å². The van der Waals surface area contributed by atoms with Crippen LogP contribution in [0.3, 0.4) is 0 Å². The fraction of sp³-hybridized carbons (Fsp3) is 0.125. The van der Waals surface area contributed by atoms with Gasteiger partial charge in [-0.25, -0.2) is 9.37 Å². The predicted molar refractivity (Wildman–Crippen MR) is 90.5 cm³/mol. The largest absolute Gasteiger partial charge is 0.320 e. The van der Waals surface area contributed by atoms with Crippen LogP contribution in [0.4, 0.5) is 10.1 Å². The molecule has 0 aliphatic rings. The molecule has 112 valence electrons. The molecule has 0 spiro atoms. The molecular weight excluding hydrogens is 319 g/mol. The number of fused-ring (bicyclic) bond motifs is 1. The van der Waals surface area contributed by atoms with E-state index in [0.29, 0.717) is 21.5 Å². The lowest BCUT2D eigenvalue weighted by Crippen LogP contribution is -2.11. The fourth-order valence-corrected chi connectivity index (χ4v) is 3.71. The maximum absolute atomic E-state index is 13.9. The van der Waals surface area contributed by atoms with Crippen LogP contribution in [-0.4, -0.2) is 17.1 Å². The van der Waals surface area contributed by atoms with E-state index < -0.39 is 0 Å². The van der Waals surface area contributed by atoms with E-state index in [1.807, 2.05) is 18.4 Å². The van der Waals surface area contributed by atoms with Crippen molar-refractivity contribution in [2.24, 2.45) is 0 Å². The minimum atomic E-state index is -0.295. The zero-order valence-electron chi connectivity index (χ0n) is 12.0. The molecule has 3 rings (SSSR count). The van der Waals surface area contributed by atoms with Crippen molar-refractivity contribution in [1.82, 2.24) is 4.98 Å². The number of hydrogen-bond donors (Lipinski definition) is 1. The van der Waals surface area contributed by atoms with Gasteiger partial charge in [0.1, 0.15) is 5.82 Å². The van der Waals surface area contributed by atoms with E-state index in [0.717, 1.165) is 9.73 Å². The standard InChI is InChI=1S/C16H13FN2OS2/c1-9-14-11(17)4-3-5-12(14)22-15(9)16(20)19-10-6-7-13(21-2)18-8-10/h3-8H,1-2H3,(H,19,20). The topological polar surface area (TPSA) is 42.0 Å². The Balaban J connectivity index is 1.91. The number of nitrogens with one attached hydrogen (secondary N) is 1. The molecule has 0 atom stereocenters. The lowest BCUT2D eigenvalue weighted by Gasteiger charge is -2.04. The van der Waals surface area contributed by atoms with Gasteiger partial charge in [0.05, 0.1) is 21.8 Å². The van der Waals surface area contributed by atoms with Gasteiger partial charge < -0.3 is 5.32 Å². The summed E-state index contributed by atoms with van der Waals surface area (Å²) in [7, 11) is 0. The van der Waals surface area contributed by atoms with Crippen molar-refractivity contribution in [1.29, 1.82) is 0 Å². The molecule has 22 heavy (non-hydrogen) atoms. The number of hydrogen-bond acceptors (Lipinski definition) is 4. The fourth-order valence-electron chi connectivity index (χ4n) is 2.23. The summed E-state index contributed by atoms with van der Waals surface area (Å²) in [6, 6.07) is 8.54. The SMILES string of the molecule is CSc1ccc(NC(=O)c2sc3cccc(F)c3c2C)cn1. The summed E-state index contributed by atoms with van der Waals surface area (Å²) < 4.78 is 14.7. The molecule has 3 aromatic rings. The molecule has 2 heterocycles. The Labute approximate surface area is 135 Å². The van der Waals surface area contributed by atoms with E-state index in [9.17, 15) is 9.18 Å². The molecule has 0 aliphatic heterocycles. The summed E-state index contributed by atoms with van der Waals surface area (Å²) in [5.41, 5.74) is 1.30. The average molecular weight is 332 g/mol. The van der Waals surface area contributed by atoms with E-state index >= 15 is 0 Å². The number of thiophene rings is 1. The minimum Gasteiger partial charge on any atom is -0.320 e. The molecule has 1 N–H and O–H groups in total. The number of nitrogens with zero attached hydrogens (tertiary/aromatic N) is 1. The molecule has 1 aromatic carbocycles. The zero-order valence-corrected chi connectivity index (χ0v) is 13.6. The number of halogens is 1. The molecule has 0 fully saturated rings. The quantitative estimate of drug-likeness (QED) is 0.706. The first-order chi connectivity index (χ1) is 10.6. The third kappa shape index (κ3) is 2.71. The highest BCUT2D eigenvalue weighted by Crippen LogP contribution is 2.33. The van der Waals surface area contributed by atoms with E-state index in [2.05, 4.69) is 10.3 Å². The van der Waals surface area contributed by atoms with Crippen molar-refractivity contribution in [3.05, 3.63) is 52.8 Å². The minimum absolute atomic E-state index is 0.239. The van der Waals surface area contributed by atoms with Crippen molar-refractivity contribution in [2.45, 2.75) is 11.9 Å². The van der Waals surface area contributed by atoms with Gasteiger partial charge in [0.15, 0.2) is 0 Å². The van der Waals surface area contributed by atoms with Gasteiger partial charge in [0.2, 0.25) is 0 Å². The summed E-state index contributed by atoms with van der Waals surface area (Å²) in [5.74, 6) is -0.534. The molecule has 6 heteroatoms. The Bertz CT molecular complexity index is 843. The predicted octanol–water partition coefficient (Wildman–Crippen LogP) is 4.72. The number of pyridine rings is 1. The first-order valence-corrected chi connectivity index (χ1v) is 8.63. The van der Waals surface area contributed by atoms with Gasteiger partial charge in [0.25, 0.3) is 5.91 Å². The van der Waals surface area contributed by atoms with Gasteiger partial charge in [0, 0.05) is 10.1 Å². The molecular formula is C16H13FN2OS2. The summed E-state index contributed by atoms with van der Waals surface area (Å²) in [6.07, 6.45) is 3.56. The third-order valence-corrected chi connectivity index (χ3v) is 5.23. The molecule has 0 saturated heterocycles. The van der Waals surface area contributed by atoms with Crippen molar-refractivity contribution < 1.29 is 9.18 Å². The Morgan fingerprint density at radius 2 is 2.14 bits per heavy atom. The van der Waals surface area contributed by atoms with Gasteiger partial charge in [-0.2, -0.15) is 0 Å². The first kappa shape index (κ1) is 15.0. The monoisotopic (exact) mass is 332 g/mol. The van der Waals surface area contributed by atoms with Gasteiger partial charge in [-0.3, -0.25) is 4.79 Å². The highest BCUT2D eigenvalue weighted by molar-refractivity contribution is 7.98. The number of rotatable bonds is 3. The second kappa shape index (κ2) is 6.06. The Hall–Kier alpha value is -1.92. The molecule has 0 aliphatic carbocycles. The van der Waals surface area contributed by atoms with E-state index in [1.54, 1.807) is 25.3 Å². The summed E-state index contributed by atoms with van der Waals surface area (Å²) in [4.78, 5) is 17.2. The van der Waals surface area contributed by atoms with Crippen LogP contribution in [0.5, 0.6) is 0 Å². The Morgan fingerprint density at radius 3 is 2.77 bits per heavy atom. The first-order valence-electron chi connectivity index (χ1n) is 6.59. The van der Waals surface area contributed by atoms with Crippen LogP contribution in [0.15, 0.2) is 41.6 Å². The van der Waals surface area contributed by atoms with Gasteiger partial charge in [-0.05, 0) is 43.0 Å².